The molecule has 0 atom stereocenters. The standard InChI is InChI=1S/C18H16BrNO5/c1-11(22)12-3-5-14(6-4-12)20-18(23)10-25-17-7-13(9-21)15(19)8-16(17)24-2/h3-9H,10H2,1-2H3,(H,20,23). The predicted molar refractivity (Wildman–Crippen MR) is 96.7 cm³/mol. The molecule has 7 heteroatoms. The molecule has 2 rings (SSSR count). The Morgan fingerprint density at radius 1 is 1.16 bits per heavy atom. The zero-order valence-electron chi connectivity index (χ0n) is 13.7. The summed E-state index contributed by atoms with van der Waals surface area (Å²) in [6.45, 7) is 1.21. The Kier molecular flexibility index (Phi) is 6.30. The van der Waals surface area contributed by atoms with Gasteiger partial charge in [-0.05, 0) is 59.3 Å². The number of aldehydes is 1. The number of hydrogen-bond acceptors (Lipinski definition) is 5. The van der Waals surface area contributed by atoms with E-state index in [1.54, 1.807) is 30.3 Å². The third-order valence-electron chi connectivity index (χ3n) is 3.34. The number of Topliss-reactive ketones (excluding diaryl/α,β-unsaturated/α-hetero) is 1. The summed E-state index contributed by atoms with van der Waals surface area (Å²) in [6.07, 6.45) is 0.674. The molecular formula is C18H16BrNO5. The molecule has 6 nitrogen and oxygen atoms in total. The first-order valence-corrected chi connectivity index (χ1v) is 8.10. The van der Waals surface area contributed by atoms with E-state index in [0.717, 1.165) is 0 Å². The van der Waals surface area contributed by atoms with Gasteiger partial charge in [0, 0.05) is 21.3 Å². The van der Waals surface area contributed by atoms with Crippen LogP contribution in [0.5, 0.6) is 11.5 Å². The van der Waals surface area contributed by atoms with E-state index in [2.05, 4.69) is 21.2 Å². The summed E-state index contributed by atoms with van der Waals surface area (Å²) in [5, 5.41) is 2.66. The van der Waals surface area contributed by atoms with Gasteiger partial charge in [0.25, 0.3) is 5.91 Å². The minimum atomic E-state index is -0.381. The number of methoxy groups -OCH3 is 1. The second-order valence-electron chi connectivity index (χ2n) is 5.11. The number of carbonyl (C=O) groups is 3. The fourth-order valence-electron chi connectivity index (χ4n) is 2.04. The SMILES string of the molecule is COc1cc(Br)c(C=O)cc1OCC(=O)Nc1ccc(C(C)=O)cc1. The maximum absolute atomic E-state index is 12.0. The number of carbonyl (C=O) groups excluding carboxylic acids is 3. The molecular weight excluding hydrogens is 390 g/mol. The van der Waals surface area contributed by atoms with E-state index >= 15 is 0 Å². The Balaban J connectivity index is 2.02. The number of rotatable bonds is 7. The third kappa shape index (κ3) is 4.90. The van der Waals surface area contributed by atoms with Gasteiger partial charge in [-0.15, -0.1) is 0 Å². The zero-order valence-corrected chi connectivity index (χ0v) is 15.3. The molecule has 0 saturated carbocycles. The van der Waals surface area contributed by atoms with Gasteiger partial charge in [0.15, 0.2) is 30.2 Å². The van der Waals surface area contributed by atoms with Gasteiger partial charge >= 0.3 is 0 Å². The van der Waals surface area contributed by atoms with Crippen molar-refractivity contribution < 1.29 is 23.9 Å². The Labute approximate surface area is 153 Å². The van der Waals surface area contributed by atoms with Crippen LogP contribution in [0.3, 0.4) is 0 Å². The first-order chi connectivity index (χ1) is 11.9. The van der Waals surface area contributed by atoms with Crippen molar-refractivity contribution in [3.8, 4) is 11.5 Å². The van der Waals surface area contributed by atoms with E-state index in [1.165, 1.54) is 20.1 Å². The highest BCUT2D eigenvalue weighted by atomic mass is 79.9. The second kappa shape index (κ2) is 8.43. The van der Waals surface area contributed by atoms with Crippen LogP contribution < -0.4 is 14.8 Å². The summed E-state index contributed by atoms with van der Waals surface area (Å²) in [6, 6.07) is 9.63. The van der Waals surface area contributed by atoms with E-state index in [9.17, 15) is 14.4 Å². The van der Waals surface area contributed by atoms with Crippen molar-refractivity contribution in [1.29, 1.82) is 0 Å². The molecule has 0 aliphatic heterocycles. The molecule has 0 unspecified atom stereocenters. The highest BCUT2D eigenvalue weighted by Crippen LogP contribution is 2.32. The van der Waals surface area contributed by atoms with Crippen LogP contribution in [0.2, 0.25) is 0 Å². The lowest BCUT2D eigenvalue weighted by atomic mass is 10.1. The zero-order chi connectivity index (χ0) is 18.4. The lowest BCUT2D eigenvalue weighted by Crippen LogP contribution is -2.20. The first kappa shape index (κ1) is 18.7. The fourth-order valence-corrected chi connectivity index (χ4v) is 2.46. The van der Waals surface area contributed by atoms with Gasteiger partial charge in [-0.3, -0.25) is 14.4 Å². The van der Waals surface area contributed by atoms with Gasteiger partial charge in [-0.1, -0.05) is 0 Å². The van der Waals surface area contributed by atoms with Crippen molar-refractivity contribution >= 4 is 39.6 Å². The van der Waals surface area contributed by atoms with Crippen molar-refractivity contribution in [2.45, 2.75) is 6.92 Å². The number of nitrogens with one attached hydrogen (secondary N) is 1. The summed E-state index contributed by atoms with van der Waals surface area (Å²) in [5.74, 6) is 0.258. The number of ether oxygens (including phenoxy) is 2. The summed E-state index contributed by atoms with van der Waals surface area (Å²) < 4.78 is 11.2. The average Bonchev–Trinajstić information content (AvgIpc) is 2.60. The van der Waals surface area contributed by atoms with Crippen LogP contribution in [0, 0.1) is 0 Å². The first-order valence-electron chi connectivity index (χ1n) is 7.31. The topological polar surface area (TPSA) is 81.7 Å². The van der Waals surface area contributed by atoms with Crippen molar-refractivity contribution in [1.82, 2.24) is 0 Å². The number of halogens is 1. The van der Waals surface area contributed by atoms with Crippen molar-refractivity contribution in [3.63, 3.8) is 0 Å². The van der Waals surface area contributed by atoms with Gasteiger partial charge in [0.2, 0.25) is 0 Å². The number of ketones is 1. The average molecular weight is 406 g/mol. The molecule has 130 valence electrons. The molecule has 0 aliphatic carbocycles. The number of anilines is 1. The molecule has 25 heavy (non-hydrogen) atoms. The molecule has 2 aromatic rings. The Morgan fingerprint density at radius 3 is 2.40 bits per heavy atom. The highest BCUT2D eigenvalue weighted by molar-refractivity contribution is 9.10. The number of hydrogen-bond donors (Lipinski definition) is 1. The molecule has 0 heterocycles. The van der Waals surface area contributed by atoms with E-state index in [0.29, 0.717) is 33.3 Å². The van der Waals surface area contributed by atoms with Crippen LogP contribution in [0.1, 0.15) is 27.6 Å². The van der Waals surface area contributed by atoms with Gasteiger partial charge < -0.3 is 14.8 Å². The summed E-state index contributed by atoms with van der Waals surface area (Å²) >= 11 is 3.25. The van der Waals surface area contributed by atoms with Crippen LogP contribution in [0.25, 0.3) is 0 Å². The molecule has 1 amide bonds. The largest absolute Gasteiger partial charge is 0.493 e. The Hall–Kier alpha value is -2.67. The molecule has 1 N–H and O–H groups in total. The van der Waals surface area contributed by atoms with Crippen molar-refractivity contribution in [2.24, 2.45) is 0 Å². The molecule has 0 bridgehead atoms. The number of amides is 1. The van der Waals surface area contributed by atoms with Crippen LogP contribution in [-0.2, 0) is 4.79 Å². The quantitative estimate of drug-likeness (QED) is 0.563. The molecule has 0 saturated heterocycles. The Bertz CT molecular complexity index is 802. The molecule has 0 spiro atoms. The van der Waals surface area contributed by atoms with Crippen molar-refractivity contribution in [3.05, 3.63) is 52.0 Å². The summed E-state index contributed by atoms with van der Waals surface area (Å²) in [4.78, 5) is 34.2. The predicted octanol–water partition coefficient (Wildman–Crippen LogP) is 3.49. The molecule has 0 radical (unpaired) electrons. The van der Waals surface area contributed by atoms with Crippen LogP contribution in [0.15, 0.2) is 40.9 Å². The maximum Gasteiger partial charge on any atom is 0.262 e. The van der Waals surface area contributed by atoms with Gasteiger partial charge in [0.1, 0.15) is 0 Å². The maximum atomic E-state index is 12.0. The van der Waals surface area contributed by atoms with Crippen molar-refractivity contribution in [2.75, 3.05) is 19.0 Å². The van der Waals surface area contributed by atoms with Gasteiger partial charge in [-0.25, -0.2) is 0 Å². The Morgan fingerprint density at radius 2 is 1.84 bits per heavy atom. The van der Waals surface area contributed by atoms with Crippen LogP contribution in [0.4, 0.5) is 5.69 Å². The normalized spacial score (nSPS) is 10.0. The summed E-state index contributed by atoms with van der Waals surface area (Å²) in [7, 11) is 1.46. The summed E-state index contributed by atoms with van der Waals surface area (Å²) in [5.41, 5.74) is 1.50. The molecule has 0 aromatic heterocycles. The fraction of sp³-hybridized carbons (Fsp3) is 0.167. The monoisotopic (exact) mass is 405 g/mol. The van der Waals surface area contributed by atoms with Gasteiger partial charge in [-0.2, -0.15) is 0 Å². The lowest BCUT2D eigenvalue weighted by Gasteiger charge is -2.12. The van der Waals surface area contributed by atoms with E-state index in [-0.39, 0.29) is 24.0 Å². The smallest absolute Gasteiger partial charge is 0.262 e. The van der Waals surface area contributed by atoms with E-state index < -0.39 is 0 Å². The molecule has 0 fully saturated rings. The minimum Gasteiger partial charge on any atom is -0.493 e. The van der Waals surface area contributed by atoms with E-state index in [4.69, 9.17) is 9.47 Å². The highest BCUT2D eigenvalue weighted by Gasteiger charge is 2.12. The van der Waals surface area contributed by atoms with E-state index in [1.807, 2.05) is 0 Å². The minimum absolute atomic E-state index is 0.0467. The third-order valence-corrected chi connectivity index (χ3v) is 4.03. The van der Waals surface area contributed by atoms with Crippen LogP contribution >= 0.6 is 15.9 Å². The molecule has 2 aromatic carbocycles. The molecule has 0 aliphatic rings. The second-order valence-corrected chi connectivity index (χ2v) is 5.97. The lowest BCUT2D eigenvalue weighted by molar-refractivity contribution is -0.118. The number of benzene rings is 2. The van der Waals surface area contributed by atoms with Crippen LogP contribution in [-0.4, -0.2) is 31.7 Å². The van der Waals surface area contributed by atoms with Gasteiger partial charge in [0.05, 0.1) is 7.11 Å².